The van der Waals surface area contributed by atoms with Crippen molar-refractivity contribution in [1.29, 1.82) is 0 Å². The van der Waals surface area contributed by atoms with Gasteiger partial charge in [-0.05, 0) is 49.8 Å². The van der Waals surface area contributed by atoms with Gasteiger partial charge in [0.15, 0.2) is 0 Å². The number of rotatable bonds is 1. The molecule has 0 fully saturated rings. The smallest absolute Gasteiger partial charge is 0.0583 e. The first-order valence-corrected chi connectivity index (χ1v) is 8.23. The zero-order chi connectivity index (χ0) is 15.4. The molecular weight excluding hydrogens is 284 g/mol. The van der Waals surface area contributed by atoms with Gasteiger partial charge in [0.2, 0.25) is 0 Å². The van der Waals surface area contributed by atoms with Crippen molar-refractivity contribution >= 4 is 21.7 Å². The molecule has 0 unspecified atom stereocenters. The molecule has 3 heterocycles. The largest absolute Gasteiger partial charge is 0.354 e. The monoisotopic (exact) mass is 302 g/mol. The molecule has 2 N–H and O–H groups in total. The number of aromatic amines is 2. The van der Waals surface area contributed by atoms with Crippen molar-refractivity contribution in [2.45, 2.75) is 32.6 Å². The van der Waals surface area contributed by atoms with E-state index in [1.165, 1.54) is 56.9 Å². The topological polar surface area (TPSA) is 57.4 Å². The van der Waals surface area contributed by atoms with Gasteiger partial charge < -0.3 is 4.98 Å². The number of pyridine rings is 1. The lowest BCUT2D eigenvalue weighted by Gasteiger charge is -2.22. The fourth-order valence-electron chi connectivity index (χ4n) is 4.01. The summed E-state index contributed by atoms with van der Waals surface area (Å²) in [5.41, 5.74) is 7.69. The summed E-state index contributed by atoms with van der Waals surface area (Å²) in [5.74, 6) is 0. The van der Waals surface area contributed by atoms with Crippen LogP contribution in [0.5, 0.6) is 0 Å². The highest BCUT2D eigenvalue weighted by Crippen LogP contribution is 2.38. The average molecular weight is 302 g/mol. The number of nitrogens with one attached hydrogen (secondary N) is 2. The summed E-state index contributed by atoms with van der Waals surface area (Å²) < 4.78 is 0. The van der Waals surface area contributed by atoms with Crippen LogP contribution in [0, 0.1) is 6.92 Å². The molecule has 4 nitrogen and oxygen atoms in total. The van der Waals surface area contributed by atoms with E-state index >= 15 is 0 Å². The quantitative estimate of drug-likeness (QED) is 0.551. The molecule has 0 bridgehead atoms. The molecule has 3 aromatic heterocycles. The van der Waals surface area contributed by atoms with Crippen molar-refractivity contribution in [3.05, 3.63) is 47.5 Å². The summed E-state index contributed by atoms with van der Waals surface area (Å²) in [6, 6.07) is 4.34. The van der Waals surface area contributed by atoms with E-state index in [0.717, 1.165) is 18.5 Å². The summed E-state index contributed by atoms with van der Waals surface area (Å²) in [7, 11) is 0. The Balaban J connectivity index is 1.94. The maximum absolute atomic E-state index is 4.36. The van der Waals surface area contributed by atoms with Crippen LogP contribution in [0.15, 0.2) is 30.7 Å². The second-order valence-corrected chi connectivity index (χ2v) is 6.47. The normalized spacial score (nSPS) is 14.5. The maximum Gasteiger partial charge on any atom is 0.0583 e. The van der Waals surface area contributed by atoms with Crippen molar-refractivity contribution in [1.82, 2.24) is 20.2 Å². The third-order valence-electron chi connectivity index (χ3n) is 5.13. The first-order chi connectivity index (χ1) is 11.3. The second-order valence-electron chi connectivity index (χ2n) is 6.47. The Morgan fingerprint density at radius 2 is 1.87 bits per heavy atom. The Morgan fingerprint density at radius 3 is 2.70 bits per heavy atom. The van der Waals surface area contributed by atoms with Gasteiger partial charge in [0.25, 0.3) is 0 Å². The van der Waals surface area contributed by atoms with Crippen LogP contribution in [-0.4, -0.2) is 20.2 Å². The Morgan fingerprint density at radius 1 is 1.00 bits per heavy atom. The first-order valence-electron chi connectivity index (χ1n) is 8.23. The van der Waals surface area contributed by atoms with Crippen molar-refractivity contribution in [2.75, 3.05) is 0 Å². The standard InChI is InChI=1S/C19H18N4/c1-11-15(10-21-23-11)19-14-5-3-2-4-13(14)18-16-9-20-8-12(16)6-7-17(18)22-19/h6-10,22H,2-5H2,1H3,(H,21,23). The Labute approximate surface area is 133 Å². The van der Waals surface area contributed by atoms with Crippen molar-refractivity contribution in [2.24, 2.45) is 0 Å². The number of benzene rings is 1. The number of aromatic nitrogens is 4. The minimum Gasteiger partial charge on any atom is -0.354 e. The third kappa shape index (κ3) is 1.78. The van der Waals surface area contributed by atoms with Crippen LogP contribution in [0.25, 0.3) is 32.9 Å². The average Bonchev–Trinajstić information content (AvgIpc) is 3.22. The molecule has 23 heavy (non-hydrogen) atoms. The molecule has 4 aromatic rings. The number of hydrogen-bond acceptors (Lipinski definition) is 2. The van der Waals surface area contributed by atoms with Crippen LogP contribution >= 0.6 is 0 Å². The molecule has 1 aliphatic rings. The van der Waals surface area contributed by atoms with Gasteiger partial charge in [-0.2, -0.15) is 5.10 Å². The lowest BCUT2D eigenvalue weighted by Crippen LogP contribution is -2.08. The van der Waals surface area contributed by atoms with Gasteiger partial charge in [-0.1, -0.05) is 6.07 Å². The fourth-order valence-corrected chi connectivity index (χ4v) is 4.01. The molecule has 0 aliphatic heterocycles. The first kappa shape index (κ1) is 12.9. The number of H-pyrrole nitrogens is 2. The maximum atomic E-state index is 4.36. The van der Waals surface area contributed by atoms with E-state index in [1.807, 2.05) is 18.6 Å². The van der Waals surface area contributed by atoms with E-state index in [1.54, 1.807) is 0 Å². The van der Waals surface area contributed by atoms with E-state index < -0.39 is 0 Å². The number of nitrogens with zero attached hydrogens (tertiary/aromatic N) is 2. The van der Waals surface area contributed by atoms with Crippen LogP contribution in [0.2, 0.25) is 0 Å². The summed E-state index contributed by atoms with van der Waals surface area (Å²) in [5, 5.41) is 11.1. The molecule has 0 amide bonds. The number of fused-ring (bicyclic) bond motifs is 5. The van der Waals surface area contributed by atoms with Gasteiger partial charge in [-0.3, -0.25) is 10.1 Å². The molecule has 1 aliphatic carbocycles. The lowest BCUT2D eigenvalue weighted by molar-refractivity contribution is 0.689. The predicted molar refractivity (Wildman–Crippen MR) is 92.6 cm³/mol. The van der Waals surface area contributed by atoms with Crippen molar-refractivity contribution in [3.8, 4) is 11.3 Å². The SMILES string of the molecule is Cc1[nH]ncc1-c1[nH]c2ccc3cncc3c2c2c1CCCC2. The molecule has 114 valence electrons. The van der Waals surface area contributed by atoms with Crippen LogP contribution in [0.4, 0.5) is 0 Å². The Hall–Kier alpha value is -2.62. The molecule has 1 aromatic carbocycles. The van der Waals surface area contributed by atoms with Gasteiger partial charge in [0.1, 0.15) is 0 Å². The molecule has 0 spiro atoms. The van der Waals surface area contributed by atoms with E-state index in [4.69, 9.17) is 0 Å². The van der Waals surface area contributed by atoms with Crippen molar-refractivity contribution in [3.63, 3.8) is 0 Å². The minimum atomic E-state index is 1.12. The summed E-state index contributed by atoms with van der Waals surface area (Å²) >= 11 is 0. The van der Waals surface area contributed by atoms with E-state index in [2.05, 4.69) is 39.2 Å². The highest BCUT2D eigenvalue weighted by molar-refractivity contribution is 6.09. The minimum absolute atomic E-state index is 1.12. The second kappa shape index (κ2) is 4.69. The number of aryl methyl sites for hydroxylation is 2. The number of hydrogen-bond donors (Lipinski definition) is 2. The van der Waals surface area contributed by atoms with Gasteiger partial charge in [0, 0.05) is 45.3 Å². The highest BCUT2D eigenvalue weighted by Gasteiger charge is 2.21. The molecule has 0 radical (unpaired) electrons. The van der Waals surface area contributed by atoms with E-state index in [9.17, 15) is 0 Å². The van der Waals surface area contributed by atoms with Gasteiger partial charge in [-0.25, -0.2) is 0 Å². The fraction of sp³-hybridized carbons (Fsp3) is 0.263. The Bertz CT molecular complexity index is 1040. The van der Waals surface area contributed by atoms with E-state index in [-0.39, 0.29) is 0 Å². The van der Waals surface area contributed by atoms with E-state index in [0.29, 0.717) is 0 Å². The highest BCUT2D eigenvalue weighted by atomic mass is 15.1. The summed E-state index contributed by atoms with van der Waals surface area (Å²) in [4.78, 5) is 8.05. The van der Waals surface area contributed by atoms with Gasteiger partial charge in [-0.15, -0.1) is 0 Å². The molecule has 5 rings (SSSR count). The molecule has 4 heteroatoms. The molecule has 0 atom stereocenters. The zero-order valence-electron chi connectivity index (χ0n) is 13.1. The van der Waals surface area contributed by atoms with Crippen molar-refractivity contribution < 1.29 is 0 Å². The third-order valence-corrected chi connectivity index (χ3v) is 5.13. The predicted octanol–water partition coefficient (Wildman–Crippen LogP) is 4.29. The van der Waals surface area contributed by atoms with Crippen LogP contribution in [0.1, 0.15) is 29.7 Å². The summed E-state index contributed by atoms with van der Waals surface area (Å²) in [6.45, 7) is 2.08. The van der Waals surface area contributed by atoms with Crippen LogP contribution in [-0.2, 0) is 12.8 Å². The lowest BCUT2D eigenvalue weighted by atomic mass is 9.85. The summed E-state index contributed by atoms with van der Waals surface area (Å²) in [6.07, 6.45) is 10.7. The Kier molecular flexibility index (Phi) is 2.62. The molecular formula is C19H18N4. The molecule has 0 saturated heterocycles. The van der Waals surface area contributed by atoms with Gasteiger partial charge in [0.05, 0.1) is 11.9 Å². The van der Waals surface area contributed by atoms with Crippen LogP contribution < -0.4 is 0 Å². The van der Waals surface area contributed by atoms with Gasteiger partial charge >= 0.3 is 0 Å². The zero-order valence-corrected chi connectivity index (χ0v) is 13.1. The van der Waals surface area contributed by atoms with Crippen LogP contribution in [0.3, 0.4) is 0 Å². The molecule has 0 saturated carbocycles.